The van der Waals surface area contributed by atoms with Gasteiger partial charge in [0.1, 0.15) is 18.1 Å². The molecule has 0 unspecified atom stereocenters. The van der Waals surface area contributed by atoms with Crippen LogP contribution in [0.1, 0.15) is 51.5 Å². The molecule has 0 spiro atoms. The van der Waals surface area contributed by atoms with Gasteiger partial charge in [-0.05, 0) is 61.4 Å². The molecule has 1 heterocycles. The normalized spacial score (nSPS) is 22.3. The smallest absolute Gasteiger partial charge is 0.233 e. The largest absolute Gasteiger partial charge is 0.507 e. The number of amides is 2. The number of allylic oxidation sites excluding steroid dienone is 1. The van der Waals surface area contributed by atoms with Crippen LogP contribution in [0.4, 0.5) is 0 Å². The fourth-order valence-corrected chi connectivity index (χ4v) is 5.95. The molecule has 39 heavy (non-hydrogen) atoms. The highest BCUT2D eigenvalue weighted by molar-refractivity contribution is 6.05. The Morgan fingerprint density at radius 3 is 2.46 bits per heavy atom. The first kappa shape index (κ1) is 28.6. The van der Waals surface area contributed by atoms with Crippen LogP contribution in [0.5, 0.6) is 11.5 Å². The maximum absolute atomic E-state index is 13.3. The second-order valence-corrected chi connectivity index (χ2v) is 10.4. The summed E-state index contributed by atoms with van der Waals surface area (Å²) < 4.78 is 6.04. The van der Waals surface area contributed by atoms with Crippen LogP contribution >= 0.6 is 0 Å². The summed E-state index contributed by atoms with van der Waals surface area (Å²) in [7, 11) is 0. The van der Waals surface area contributed by atoms with Gasteiger partial charge in [0, 0.05) is 18.0 Å². The van der Waals surface area contributed by atoms with Crippen molar-refractivity contribution in [1.29, 1.82) is 0 Å². The molecule has 2 aromatic carbocycles. The lowest BCUT2D eigenvalue weighted by molar-refractivity contribution is -0.140. The Morgan fingerprint density at radius 2 is 1.79 bits per heavy atom. The zero-order chi connectivity index (χ0) is 27.9. The molecule has 2 aliphatic rings. The van der Waals surface area contributed by atoms with Crippen LogP contribution < -0.4 is 4.74 Å². The zero-order valence-electron chi connectivity index (χ0n) is 22.8. The summed E-state index contributed by atoms with van der Waals surface area (Å²) >= 11 is 0. The van der Waals surface area contributed by atoms with Crippen LogP contribution in [0, 0.1) is 17.8 Å². The van der Waals surface area contributed by atoms with Crippen molar-refractivity contribution in [2.75, 3.05) is 19.8 Å². The summed E-state index contributed by atoms with van der Waals surface area (Å²) in [5.74, 6) is -1.48. The van der Waals surface area contributed by atoms with Crippen molar-refractivity contribution in [2.24, 2.45) is 17.8 Å². The van der Waals surface area contributed by atoms with Crippen LogP contribution in [0.2, 0.25) is 0 Å². The minimum absolute atomic E-state index is 0.166. The number of carbonyl (C=O) groups excluding carboxylic acids is 2. The van der Waals surface area contributed by atoms with Crippen molar-refractivity contribution in [3.05, 3.63) is 76.9 Å². The fraction of sp³-hybridized carbons (Fsp3) is 0.438. The quantitative estimate of drug-likeness (QED) is 0.269. The highest BCUT2D eigenvalue weighted by atomic mass is 16.5. The molecule has 0 bridgehead atoms. The highest BCUT2D eigenvalue weighted by Gasteiger charge is 2.54. The Hall–Kier alpha value is -3.42. The van der Waals surface area contributed by atoms with E-state index in [1.54, 1.807) is 12.1 Å². The molecule has 0 aromatic heterocycles. The Balaban J connectivity index is 1.62. The number of benzene rings is 2. The van der Waals surface area contributed by atoms with Crippen molar-refractivity contribution in [3.63, 3.8) is 0 Å². The van der Waals surface area contributed by atoms with Crippen molar-refractivity contribution >= 4 is 17.9 Å². The first-order valence-corrected chi connectivity index (χ1v) is 13.9. The summed E-state index contributed by atoms with van der Waals surface area (Å²) in [6, 6.07) is 16.5. The van der Waals surface area contributed by atoms with Gasteiger partial charge in [0.2, 0.25) is 11.8 Å². The molecular formula is C32H39NO6. The number of hydrogen-bond acceptors (Lipinski definition) is 6. The molecule has 7 heteroatoms. The Labute approximate surface area is 230 Å². The first-order chi connectivity index (χ1) is 18.9. The van der Waals surface area contributed by atoms with Gasteiger partial charge in [-0.15, -0.1) is 0 Å². The molecule has 0 radical (unpaired) electrons. The average Bonchev–Trinajstić information content (AvgIpc) is 3.19. The summed E-state index contributed by atoms with van der Waals surface area (Å²) in [6.45, 7) is 4.14. The molecule has 7 nitrogen and oxygen atoms in total. The molecule has 1 aliphatic heterocycles. The molecule has 208 valence electrons. The predicted octanol–water partition coefficient (Wildman–Crippen LogP) is 4.73. The number of phenols is 1. The number of carbonyl (C=O) groups is 2. The molecule has 0 saturated carbocycles. The molecule has 3 N–H and O–H groups in total. The van der Waals surface area contributed by atoms with Crippen molar-refractivity contribution < 1.29 is 29.6 Å². The summed E-state index contributed by atoms with van der Waals surface area (Å²) in [5.41, 5.74) is 3.18. The van der Waals surface area contributed by atoms with Crippen LogP contribution in [-0.2, 0) is 9.59 Å². The number of hydrogen-bond donors (Lipinski definition) is 3. The lowest BCUT2D eigenvalue weighted by atomic mass is 9.68. The van der Waals surface area contributed by atoms with Gasteiger partial charge in [-0.3, -0.25) is 14.5 Å². The second-order valence-electron chi connectivity index (χ2n) is 10.4. The van der Waals surface area contributed by atoms with Crippen molar-refractivity contribution in [2.45, 2.75) is 52.1 Å². The number of fused-ring (bicyclic) bond motifs is 1. The number of rotatable bonds is 12. The predicted molar refractivity (Wildman–Crippen MR) is 150 cm³/mol. The zero-order valence-corrected chi connectivity index (χ0v) is 22.8. The van der Waals surface area contributed by atoms with Crippen molar-refractivity contribution in [1.82, 2.24) is 4.90 Å². The van der Waals surface area contributed by atoms with E-state index in [0.717, 1.165) is 23.1 Å². The highest BCUT2D eigenvalue weighted by Crippen LogP contribution is 2.46. The Morgan fingerprint density at radius 1 is 1.08 bits per heavy atom. The van der Waals surface area contributed by atoms with Gasteiger partial charge in [-0.25, -0.2) is 0 Å². The standard InChI is InChI=1S/C32H39NO6/c1-3-16-33-31(37)25-18-23(20-39-24-11-6-5-7-12-24)29(26(19-34)30(25)32(33)38)28(36)15-14-21(4-2)17-22-10-8-9-13-27(22)35/h5-13,17,25-26,28,30,34-36H,3-4,14-16,18-20H2,1-2H3/b21-17+/t25-,26+,28-,30-/m1/s1. The van der Waals surface area contributed by atoms with Gasteiger partial charge in [0.25, 0.3) is 0 Å². The summed E-state index contributed by atoms with van der Waals surface area (Å²) in [5, 5.41) is 32.2. The maximum atomic E-state index is 13.3. The van der Waals surface area contributed by atoms with E-state index >= 15 is 0 Å². The topological polar surface area (TPSA) is 107 Å². The Kier molecular flexibility index (Phi) is 9.59. The molecule has 2 amide bonds. The van der Waals surface area contributed by atoms with Gasteiger partial charge >= 0.3 is 0 Å². The molecule has 2 aromatic rings. The third-order valence-electron chi connectivity index (χ3n) is 7.92. The molecule has 4 rings (SSSR count). The lowest BCUT2D eigenvalue weighted by Gasteiger charge is -2.36. The van der Waals surface area contributed by atoms with Gasteiger partial charge in [0.15, 0.2) is 0 Å². The number of likely N-dealkylation sites (tertiary alicyclic amines) is 1. The number of aliphatic hydroxyl groups excluding tert-OH is 2. The summed E-state index contributed by atoms with van der Waals surface area (Å²) in [6.07, 6.45) is 3.71. The molecule has 1 aliphatic carbocycles. The number of nitrogens with zero attached hydrogens (tertiary/aromatic N) is 1. The number of ether oxygens (including phenoxy) is 1. The van der Waals surface area contributed by atoms with Crippen LogP contribution in [0.3, 0.4) is 0 Å². The van der Waals surface area contributed by atoms with E-state index in [2.05, 4.69) is 0 Å². The van der Waals surface area contributed by atoms with E-state index in [-0.39, 0.29) is 30.8 Å². The minimum Gasteiger partial charge on any atom is -0.507 e. The lowest BCUT2D eigenvalue weighted by Crippen LogP contribution is -2.40. The SMILES string of the molecule is CCCN1C(=O)[C@@H]2[C@@H](CC(COc3ccccc3)=C([C@H](O)CC/C(=C/c3ccccc3O)CC)[C@@H]2CO)C1=O. The molecule has 1 saturated heterocycles. The van der Waals surface area contributed by atoms with Gasteiger partial charge in [-0.2, -0.15) is 0 Å². The maximum Gasteiger partial charge on any atom is 0.233 e. The number of aromatic hydroxyl groups is 1. The van der Waals surface area contributed by atoms with Crippen LogP contribution in [0.15, 0.2) is 71.3 Å². The van der Waals surface area contributed by atoms with E-state index in [1.807, 2.05) is 62.4 Å². The van der Waals surface area contributed by atoms with E-state index in [0.29, 0.717) is 43.6 Å². The van der Waals surface area contributed by atoms with Crippen molar-refractivity contribution in [3.8, 4) is 11.5 Å². The van der Waals surface area contributed by atoms with E-state index < -0.39 is 23.9 Å². The van der Waals surface area contributed by atoms with Crippen LogP contribution in [0.25, 0.3) is 6.08 Å². The first-order valence-electron chi connectivity index (χ1n) is 13.9. The number of aliphatic hydroxyl groups is 2. The molecule has 1 fully saturated rings. The number of para-hydroxylation sites is 2. The van der Waals surface area contributed by atoms with E-state index in [4.69, 9.17) is 4.74 Å². The van der Waals surface area contributed by atoms with E-state index in [9.17, 15) is 24.9 Å². The van der Waals surface area contributed by atoms with Crippen LogP contribution in [-0.4, -0.2) is 57.9 Å². The van der Waals surface area contributed by atoms with E-state index in [1.165, 1.54) is 4.90 Å². The number of imide groups is 1. The second kappa shape index (κ2) is 13.1. The monoisotopic (exact) mass is 533 g/mol. The van der Waals surface area contributed by atoms with Gasteiger partial charge < -0.3 is 20.1 Å². The third kappa shape index (κ3) is 6.26. The molecular weight excluding hydrogens is 494 g/mol. The van der Waals surface area contributed by atoms with Gasteiger partial charge in [-0.1, -0.05) is 61.9 Å². The third-order valence-corrected chi connectivity index (χ3v) is 7.92. The fourth-order valence-electron chi connectivity index (χ4n) is 5.95. The number of phenolic OH excluding ortho intramolecular Hbond substituents is 1. The van der Waals surface area contributed by atoms with Gasteiger partial charge in [0.05, 0.1) is 24.5 Å². The molecule has 4 atom stereocenters. The average molecular weight is 534 g/mol. The Bertz CT molecular complexity index is 1220. The minimum atomic E-state index is -0.917. The summed E-state index contributed by atoms with van der Waals surface area (Å²) in [4.78, 5) is 27.9.